The van der Waals surface area contributed by atoms with E-state index in [9.17, 15) is 4.79 Å². The molecule has 2 aromatic rings. The summed E-state index contributed by atoms with van der Waals surface area (Å²) in [5.41, 5.74) is 1.81. The molecular formula is C20H30N4O2. The zero-order chi connectivity index (χ0) is 18.4. The smallest absolute Gasteiger partial charge is 0.252 e. The number of hydrogen-bond acceptors (Lipinski definition) is 4. The summed E-state index contributed by atoms with van der Waals surface area (Å²) in [6.07, 6.45) is 2.91. The fraction of sp³-hybridized carbons (Fsp3) is 0.550. The van der Waals surface area contributed by atoms with E-state index >= 15 is 0 Å². The van der Waals surface area contributed by atoms with E-state index in [1.54, 1.807) is 0 Å². The maximum Gasteiger partial charge on any atom is 0.252 e. The lowest BCUT2D eigenvalue weighted by molar-refractivity contribution is 0.0374. The molecule has 2 aromatic heterocycles. The number of nitrogens with one attached hydrogen (secondary N) is 1. The Balaban J connectivity index is 1.58. The van der Waals surface area contributed by atoms with Gasteiger partial charge in [0.25, 0.3) is 5.91 Å². The van der Waals surface area contributed by atoms with Crippen LogP contribution >= 0.6 is 0 Å². The second-order valence-electron chi connectivity index (χ2n) is 6.64. The van der Waals surface area contributed by atoms with Crippen LogP contribution in [-0.4, -0.2) is 67.7 Å². The number of nitrogens with zero attached hydrogens (tertiary/aromatic N) is 3. The lowest BCUT2D eigenvalue weighted by Crippen LogP contribution is -2.38. The van der Waals surface area contributed by atoms with Crippen LogP contribution in [0.5, 0.6) is 0 Å². The molecule has 1 fully saturated rings. The van der Waals surface area contributed by atoms with Crippen LogP contribution in [0.4, 0.5) is 5.82 Å². The molecule has 0 unspecified atom stereocenters. The van der Waals surface area contributed by atoms with Crippen molar-refractivity contribution >= 4 is 17.2 Å². The van der Waals surface area contributed by atoms with Gasteiger partial charge in [-0.2, -0.15) is 0 Å². The van der Waals surface area contributed by atoms with E-state index in [0.29, 0.717) is 12.1 Å². The molecule has 0 bridgehead atoms. The van der Waals surface area contributed by atoms with Gasteiger partial charge in [0.1, 0.15) is 5.82 Å². The van der Waals surface area contributed by atoms with E-state index in [2.05, 4.69) is 45.5 Å². The molecule has 6 nitrogen and oxygen atoms in total. The summed E-state index contributed by atoms with van der Waals surface area (Å²) in [6, 6.07) is 8.12. The third kappa shape index (κ3) is 4.37. The van der Waals surface area contributed by atoms with Crippen LogP contribution in [0.3, 0.4) is 0 Å². The van der Waals surface area contributed by atoms with Crippen molar-refractivity contribution in [2.45, 2.75) is 20.3 Å². The van der Waals surface area contributed by atoms with E-state index in [1.165, 1.54) is 0 Å². The minimum Gasteiger partial charge on any atom is -0.379 e. The third-order valence-electron chi connectivity index (χ3n) is 5.02. The van der Waals surface area contributed by atoms with Crippen LogP contribution in [0, 0.1) is 0 Å². The minimum atomic E-state index is -0.00641. The largest absolute Gasteiger partial charge is 0.379 e. The maximum atomic E-state index is 12.5. The fourth-order valence-electron chi connectivity index (χ4n) is 3.46. The van der Waals surface area contributed by atoms with E-state index < -0.39 is 0 Å². The van der Waals surface area contributed by atoms with Crippen molar-refractivity contribution in [1.82, 2.24) is 14.6 Å². The number of aromatic nitrogens is 1. The average molecular weight is 358 g/mol. The number of anilines is 1. The Morgan fingerprint density at radius 2 is 1.88 bits per heavy atom. The lowest BCUT2D eigenvalue weighted by Gasteiger charge is -2.26. The van der Waals surface area contributed by atoms with Gasteiger partial charge in [0, 0.05) is 44.4 Å². The normalized spacial score (nSPS) is 15.3. The van der Waals surface area contributed by atoms with E-state index in [1.807, 2.05) is 18.3 Å². The predicted octanol–water partition coefficient (Wildman–Crippen LogP) is 2.24. The summed E-state index contributed by atoms with van der Waals surface area (Å²) < 4.78 is 7.46. The molecule has 0 aromatic carbocycles. The number of rotatable bonds is 8. The molecule has 1 aliphatic rings. The van der Waals surface area contributed by atoms with Gasteiger partial charge in [-0.25, -0.2) is 0 Å². The van der Waals surface area contributed by atoms with Crippen molar-refractivity contribution in [3.63, 3.8) is 0 Å². The van der Waals surface area contributed by atoms with Gasteiger partial charge in [0.2, 0.25) is 0 Å². The zero-order valence-corrected chi connectivity index (χ0v) is 15.9. The molecule has 1 amide bonds. The molecule has 3 rings (SSSR count). The first-order valence-electron chi connectivity index (χ1n) is 9.67. The SMILES string of the molecule is CCN(CC)c1ccc2ccc(C(=O)NCCCN3CCOCC3)cn12. The second kappa shape index (κ2) is 9.05. The highest BCUT2D eigenvalue weighted by Gasteiger charge is 2.12. The topological polar surface area (TPSA) is 49.2 Å². The summed E-state index contributed by atoms with van der Waals surface area (Å²) in [7, 11) is 0. The van der Waals surface area contributed by atoms with E-state index in [-0.39, 0.29) is 5.91 Å². The second-order valence-corrected chi connectivity index (χ2v) is 6.64. The van der Waals surface area contributed by atoms with E-state index in [4.69, 9.17) is 4.74 Å². The molecule has 3 heterocycles. The number of hydrogen-bond donors (Lipinski definition) is 1. The number of pyridine rings is 1. The first-order valence-corrected chi connectivity index (χ1v) is 9.67. The number of amides is 1. The molecule has 1 saturated heterocycles. The maximum absolute atomic E-state index is 12.5. The zero-order valence-electron chi connectivity index (χ0n) is 15.9. The van der Waals surface area contributed by atoms with Crippen LogP contribution in [0.25, 0.3) is 5.52 Å². The number of carbonyl (C=O) groups excluding carboxylic acids is 1. The highest BCUT2D eigenvalue weighted by molar-refractivity contribution is 5.94. The molecule has 1 N–H and O–H groups in total. The monoisotopic (exact) mass is 358 g/mol. The van der Waals surface area contributed by atoms with Gasteiger partial charge in [0.15, 0.2) is 0 Å². The van der Waals surface area contributed by atoms with Crippen molar-refractivity contribution in [2.75, 3.05) is 57.4 Å². The van der Waals surface area contributed by atoms with E-state index in [0.717, 1.165) is 63.7 Å². The molecule has 0 saturated carbocycles. The standard InChI is InChI=1S/C20H30N4O2/c1-3-23(4-2)19-9-8-18-7-6-17(16-24(18)19)20(25)21-10-5-11-22-12-14-26-15-13-22/h6-9,16H,3-5,10-15H2,1-2H3,(H,21,25). The summed E-state index contributed by atoms with van der Waals surface area (Å²) >= 11 is 0. The van der Waals surface area contributed by atoms with Crippen LogP contribution in [-0.2, 0) is 4.74 Å². The Bertz CT molecular complexity index is 718. The molecule has 0 aliphatic carbocycles. The Kier molecular flexibility index (Phi) is 6.52. The molecule has 142 valence electrons. The number of morpholine rings is 1. The number of ether oxygens (including phenoxy) is 1. The van der Waals surface area contributed by atoms with Crippen molar-refractivity contribution in [3.8, 4) is 0 Å². The molecule has 26 heavy (non-hydrogen) atoms. The van der Waals surface area contributed by atoms with Gasteiger partial charge < -0.3 is 19.4 Å². The number of carbonyl (C=O) groups is 1. The summed E-state index contributed by atoms with van der Waals surface area (Å²) in [5.74, 6) is 1.13. The Morgan fingerprint density at radius 1 is 1.15 bits per heavy atom. The first-order chi connectivity index (χ1) is 12.7. The quantitative estimate of drug-likeness (QED) is 0.736. The van der Waals surface area contributed by atoms with Gasteiger partial charge in [-0.3, -0.25) is 9.69 Å². The van der Waals surface area contributed by atoms with Crippen LogP contribution in [0.1, 0.15) is 30.6 Å². The summed E-state index contributed by atoms with van der Waals surface area (Å²) in [4.78, 5) is 17.2. The summed E-state index contributed by atoms with van der Waals surface area (Å²) in [6.45, 7) is 11.5. The lowest BCUT2D eigenvalue weighted by atomic mass is 10.2. The minimum absolute atomic E-state index is 0.00641. The number of fused-ring (bicyclic) bond motifs is 1. The van der Waals surface area contributed by atoms with Crippen LogP contribution in [0.15, 0.2) is 30.5 Å². The third-order valence-corrected chi connectivity index (χ3v) is 5.02. The highest BCUT2D eigenvalue weighted by Crippen LogP contribution is 2.20. The molecule has 0 radical (unpaired) electrons. The molecule has 0 atom stereocenters. The molecule has 6 heteroatoms. The van der Waals surface area contributed by atoms with Crippen molar-refractivity contribution in [1.29, 1.82) is 0 Å². The van der Waals surface area contributed by atoms with Gasteiger partial charge in [-0.05, 0) is 51.1 Å². The fourth-order valence-corrected chi connectivity index (χ4v) is 3.46. The van der Waals surface area contributed by atoms with Crippen molar-refractivity contribution in [3.05, 3.63) is 36.0 Å². The van der Waals surface area contributed by atoms with Gasteiger partial charge in [-0.15, -0.1) is 0 Å². The highest BCUT2D eigenvalue weighted by atomic mass is 16.5. The molecule has 0 spiro atoms. The van der Waals surface area contributed by atoms with Crippen LogP contribution < -0.4 is 10.2 Å². The van der Waals surface area contributed by atoms with Gasteiger partial charge >= 0.3 is 0 Å². The van der Waals surface area contributed by atoms with Crippen molar-refractivity contribution in [2.24, 2.45) is 0 Å². The Hall–Kier alpha value is -2.05. The van der Waals surface area contributed by atoms with Gasteiger partial charge in [-0.1, -0.05) is 0 Å². The van der Waals surface area contributed by atoms with Crippen molar-refractivity contribution < 1.29 is 9.53 Å². The molecule has 1 aliphatic heterocycles. The average Bonchev–Trinajstić information content (AvgIpc) is 3.10. The van der Waals surface area contributed by atoms with Crippen LogP contribution in [0.2, 0.25) is 0 Å². The van der Waals surface area contributed by atoms with Gasteiger partial charge in [0.05, 0.1) is 18.8 Å². The summed E-state index contributed by atoms with van der Waals surface area (Å²) in [5, 5.41) is 3.05. The first kappa shape index (κ1) is 18.7. The Morgan fingerprint density at radius 3 is 2.62 bits per heavy atom. The molecular weight excluding hydrogens is 328 g/mol. The Labute approximate surface area is 155 Å². The predicted molar refractivity (Wildman–Crippen MR) is 105 cm³/mol.